The fraction of sp³-hybridized carbons (Fsp3) is 1.00. The second-order valence-corrected chi connectivity index (χ2v) is 2.44. The van der Waals surface area contributed by atoms with E-state index in [4.69, 9.17) is 20.4 Å². The Balaban J connectivity index is 2.63. The molecule has 0 bridgehead atoms. The molecule has 0 aromatic carbocycles. The lowest BCUT2D eigenvalue weighted by atomic mass is 10.3. The predicted octanol–water partition coefficient (Wildman–Crippen LogP) is -2.30. The van der Waals surface area contributed by atoms with Crippen LogP contribution in [0, 0.1) is 0 Å². The highest BCUT2D eigenvalue weighted by Gasteiger charge is 2.44. The van der Waals surface area contributed by atoms with Crippen molar-refractivity contribution in [2.24, 2.45) is 0 Å². The van der Waals surface area contributed by atoms with Crippen molar-refractivity contribution in [3.8, 4) is 0 Å². The molecule has 1 rings (SSSR count). The van der Waals surface area contributed by atoms with Crippen LogP contribution in [-0.2, 0) is 9.47 Å². The fourth-order valence-corrected chi connectivity index (χ4v) is 0.686. The molecule has 0 aromatic heterocycles. The Labute approximate surface area is 62.6 Å². The highest BCUT2D eigenvalue weighted by molar-refractivity contribution is 4.70. The van der Waals surface area contributed by atoms with E-state index in [2.05, 4.69) is 9.47 Å². The van der Waals surface area contributed by atoms with E-state index < -0.39 is 24.7 Å². The molecule has 1 heterocycles. The number of rotatable bonds is 0. The van der Waals surface area contributed by atoms with E-state index in [9.17, 15) is 0 Å². The summed E-state index contributed by atoms with van der Waals surface area (Å²) in [7, 11) is 0. The first-order chi connectivity index (χ1) is 4.93. The molecule has 1 fully saturated rings. The summed E-state index contributed by atoms with van der Waals surface area (Å²) in [5.41, 5.74) is 0. The van der Waals surface area contributed by atoms with Crippen molar-refractivity contribution in [2.75, 3.05) is 0 Å². The molecule has 1 saturated heterocycles. The Bertz CT molecular complexity index is 146. The fourth-order valence-electron chi connectivity index (χ4n) is 0.686. The van der Waals surface area contributed by atoms with E-state index in [-0.39, 0.29) is 0 Å². The van der Waals surface area contributed by atoms with Crippen LogP contribution in [0.15, 0.2) is 0 Å². The van der Waals surface area contributed by atoms with Crippen molar-refractivity contribution in [2.45, 2.75) is 31.6 Å². The Hall–Kier alpha value is -0.240. The SMILES string of the molecule is CC1(O)OC(O)C(O)OC1O. The number of aliphatic hydroxyl groups excluding tert-OH is 3. The van der Waals surface area contributed by atoms with Gasteiger partial charge < -0.3 is 29.9 Å². The summed E-state index contributed by atoms with van der Waals surface area (Å²) in [4.78, 5) is 0. The number of hydrogen-bond donors (Lipinski definition) is 4. The zero-order valence-electron chi connectivity index (χ0n) is 5.84. The molecular formula is C5H10O6. The highest BCUT2D eigenvalue weighted by Crippen LogP contribution is 2.23. The minimum Gasteiger partial charge on any atom is -0.364 e. The van der Waals surface area contributed by atoms with Gasteiger partial charge in [-0.15, -0.1) is 0 Å². The molecule has 6 heteroatoms. The molecule has 0 aromatic rings. The molecule has 11 heavy (non-hydrogen) atoms. The van der Waals surface area contributed by atoms with Gasteiger partial charge in [0.15, 0.2) is 0 Å². The molecule has 1 aliphatic heterocycles. The molecule has 4 N–H and O–H groups in total. The predicted molar refractivity (Wildman–Crippen MR) is 30.8 cm³/mol. The van der Waals surface area contributed by atoms with Crippen molar-refractivity contribution in [1.82, 2.24) is 0 Å². The molecule has 0 saturated carbocycles. The molecule has 4 atom stereocenters. The highest BCUT2D eigenvalue weighted by atomic mass is 16.8. The molecule has 0 radical (unpaired) electrons. The zero-order valence-corrected chi connectivity index (χ0v) is 5.84. The van der Waals surface area contributed by atoms with Crippen LogP contribution in [0.4, 0.5) is 0 Å². The van der Waals surface area contributed by atoms with E-state index >= 15 is 0 Å². The molecule has 1 aliphatic rings. The summed E-state index contributed by atoms with van der Waals surface area (Å²) >= 11 is 0. The number of aliphatic hydroxyl groups is 4. The maximum Gasteiger partial charge on any atom is 0.217 e. The van der Waals surface area contributed by atoms with Crippen LogP contribution in [0.3, 0.4) is 0 Å². The van der Waals surface area contributed by atoms with Crippen molar-refractivity contribution >= 4 is 0 Å². The molecule has 0 amide bonds. The third-order valence-corrected chi connectivity index (χ3v) is 1.33. The minimum absolute atomic E-state index is 1.10. The molecule has 4 unspecified atom stereocenters. The first-order valence-electron chi connectivity index (χ1n) is 3.03. The van der Waals surface area contributed by atoms with Gasteiger partial charge in [0.1, 0.15) is 0 Å². The molecule has 6 nitrogen and oxygen atoms in total. The van der Waals surface area contributed by atoms with Gasteiger partial charge in [-0.1, -0.05) is 0 Å². The molecule has 0 spiro atoms. The summed E-state index contributed by atoms with van der Waals surface area (Å²) in [6.45, 7) is 1.10. The van der Waals surface area contributed by atoms with Gasteiger partial charge in [-0.2, -0.15) is 0 Å². The van der Waals surface area contributed by atoms with Crippen molar-refractivity contribution in [1.29, 1.82) is 0 Å². The van der Waals surface area contributed by atoms with Gasteiger partial charge >= 0.3 is 0 Å². The lowest BCUT2D eigenvalue weighted by Gasteiger charge is -2.38. The Morgan fingerprint density at radius 1 is 1.18 bits per heavy atom. The van der Waals surface area contributed by atoms with Gasteiger partial charge in [-0.25, -0.2) is 0 Å². The Kier molecular flexibility index (Phi) is 2.15. The van der Waals surface area contributed by atoms with Crippen LogP contribution in [0.25, 0.3) is 0 Å². The summed E-state index contributed by atoms with van der Waals surface area (Å²) in [6, 6.07) is 0. The van der Waals surface area contributed by atoms with Gasteiger partial charge in [-0.3, -0.25) is 0 Å². The maximum absolute atomic E-state index is 9.06. The van der Waals surface area contributed by atoms with Crippen LogP contribution < -0.4 is 0 Å². The van der Waals surface area contributed by atoms with Crippen LogP contribution in [-0.4, -0.2) is 45.1 Å². The number of ether oxygens (including phenoxy) is 2. The minimum atomic E-state index is -1.99. The summed E-state index contributed by atoms with van der Waals surface area (Å²) < 4.78 is 8.68. The second-order valence-electron chi connectivity index (χ2n) is 2.44. The zero-order chi connectivity index (χ0) is 8.65. The third kappa shape index (κ3) is 1.67. The van der Waals surface area contributed by atoms with Gasteiger partial charge in [0, 0.05) is 0 Å². The average Bonchev–Trinajstić information content (AvgIpc) is 1.83. The van der Waals surface area contributed by atoms with E-state index in [0.29, 0.717) is 0 Å². The first kappa shape index (κ1) is 8.85. The van der Waals surface area contributed by atoms with Gasteiger partial charge in [0.25, 0.3) is 0 Å². The van der Waals surface area contributed by atoms with Gasteiger partial charge in [0.2, 0.25) is 24.7 Å². The van der Waals surface area contributed by atoms with Crippen molar-refractivity contribution < 1.29 is 29.9 Å². The molecular weight excluding hydrogens is 156 g/mol. The topological polar surface area (TPSA) is 99.4 Å². The summed E-state index contributed by atoms with van der Waals surface area (Å²) in [5.74, 6) is -1.99. The van der Waals surface area contributed by atoms with E-state index in [0.717, 1.165) is 6.92 Å². The lowest BCUT2D eigenvalue weighted by Crippen LogP contribution is -2.56. The van der Waals surface area contributed by atoms with Crippen LogP contribution in [0.1, 0.15) is 6.92 Å². The maximum atomic E-state index is 9.06. The van der Waals surface area contributed by atoms with E-state index in [1.54, 1.807) is 0 Å². The molecule has 0 aliphatic carbocycles. The quantitative estimate of drug-likeness (QED) is 0.323. The summed E-state index contributed by atoms with van der Waals surface area (Å²) in [5, 5.41) is 35.4. The van der Waals surface area contributed by atoms with E-state index in [1.807, 2.05) is 0 Å². The van der Waals surface area contributed by atoms with Crippen LogP contribution in [0.5, 0.6) is 0 Å². The summed E-state index contributed by atoms with van der Waals surface area (Å²) in [6.07, 6.45) is -4.94. The average molecular weight is 166 g/mol. The van der Waals surface area contributed by atoms with Crippen LogP contribution >= 0.6 is 0 Å². The lowest BCUT2D eigenvalue weighted by molar-refractivity contribution is -0.450. The van der Waals surface area contributed by atoms with Crippen molar-refractivity contribution in [3.05, 3.63) is 0 Å². The molecule has 66 valence electrons. The number of hydrogen-bond acceptors (Lipinski definition) is 6. The standard InChI is InChI=1S/C5H10O6/c1-5(9)4(8)10-2(6)3(7)11-5/h2-4,6-9H,1H3. The Morgan fingerprint density at radius 3 is 2.18 bits per heavy atom. The second kappa shape index (κ2) is 2.67. The largest absolute Gasteiger partial charge is 0.364 e. The first-order valence-corrected chi connectivity index (χ1v) is 3.03. The normalized spacial score (nSPS) is 52.6. The van der Waals surface area contributed by atoms with Crippen LogP contribution in [0.2, 0.25) is 0 Å². The smallest absolute Gasteiger partial charge is 0.217 e. The third-order valence-electron chi connectivity index (χ3n) is 1.33. The van der Waals surface area contributed by atoms with E-state index in [1.165, 1.54) is 0 Å². The van der Waals surface area contributed by atoms with Crippen molar-refractivity contribution in [3.63, 3.8) is 0 Å². The van der Waals surface area contributed by atoms with Gasteiger partial charge in [0.05, 0.1) is 0 Å². The Morgan fingerprint density at radius 2 is 1.73 bits per heavy atom. The van der Waals surface area contributed by atoms with Gasteiger partial charge in [-0.05, 0) is 6.92 Å². The monoisotopic (exact) mass is 166 g/mol.